The summed E-state index contributed by atoms with van der Waals surface area (Å²) < 4.78 is 12.6. The quantitative estimate of drug-likeness (QED) is 0.741. The minimum Gasteiger partial charge on any atom is -0.319 e. The van der Waals surface area contributed by atoms with E-state index >= 15 is 0 Å². The van der Waals surface area contributed by atoms with Crippen LogP contribution in [0.5, 0.6) is 0 Å². The van der Waals surface area contributed by atoms with Crippen LogP contribution < -0.4 is 5.30 Å². The SMILES string of the molecule is CC(C)(C)c1ccc2nccnc2c1P(C)(C)=O. The standard InChI is InChI=1S/C14H19N2OP/c1-14(2,3)10-6-7-11-12(16-9-8-15-11)13(10)18(4,5)17/h6-9H,1-5H3. The highest BCUT2D eigenvalue weighted by atomic mass is 31.2. The van der Waals surface area contributed by atoms with Crippen molar-refractivity contribution in [3.05, 3.63) is 30.1 Å². The zero-order valence-corrected chi connectivity index (χ0v) is 12.5. The molecule has 3 nitrogen and oxygen atoms in total. The molecular weight excluding hydrogens is 243 g/mol. The summed E-state index contributed by atoms with van der Waals surface area (Å²) in [5, 5.41) is 0.876. The van der Waals surface area contributed by atoms with Crippen molar-refractivity contribution in [3.63, 3.8) is 0 Å². The van der Waals surface area contributed by atoms with E-state index in [4.69, 9.17) is 0 Å². The maximum atomic E-state index is 12.6. The third kappa shape index (κ3) is 2.32. The van der Waals surface area contributed by atoms with E-state index in [9.17, 15) is 4.57 Å². The third-order valence-corrected chi connectivity index (χ3v) is 4.49. The van der Waals surface area contributed by atoms with Gasteiger partial charge in [-0.3, -0.25) is 9.97 Å². The lowest BCUT2D eigenvalue weighted by Gasteiger charge is -2.25. The number of hydrogen-bond acceptors (Lipinski definition) is 3. The Morgan fingerprint density at radius 2 is 1.67 bits per heavy atom. The van der Waals surface area contributed by atoms with E-state index in [-0.39, 0.29) is 5.41 Å². The lowest BCUT2D eigenvalue weighted by atomic mass is 9.86. The molecule has 1 aromatic carbocycles. The summed E-state index contributed by atoms with van der Waals surface area (Å²) in [5.41, 5.74) is 2.63. The average Bonchev–Trinajstić information content (AvgIpc) is 2.24. The molecular formula is C14H19N2OP. The summed E-state index contributed by atoms with van der Waals surface area (Å²) in [5.74, 6) is 0. The van der Waals surface area contributed by atoms with Crippen LogP contribution in [0.3, 0.4) is 0 Å². The van der Waals surface area contributed by atoms with Gasteiger partial charge in [0.1, 0.15) is 7.14 Å². The first-order chi connectivity index (χ1) is 8.21. The molecule has 96 valence electrons. The van der Waals surface area contributed by atoms with Gasteiger partial charge in [-0.1, -0.05) is 26.8 Å². The lowest BCUT2D eigenvalue weighted by Crippen LogP contribution is -2.24. The predicted molar refractivity (Wildman–Crippen MR) is 77.3 cm³/mol. The topological polar surface area (TPSA) is 42.9 Å². The highest BCUT2D eigenvalue weighted by Gasteiger charge is 2.27. The Morgan fingerprint density at radius 3 is 2.22 bits per heavy atom. The molecule has 4 heteroatoms. The molecule has 0 amide bonds. The molecule has 18 heavy (non-hydrogen) atoms. The Bertz CT molecular complexity index is 638. The van der Waals surface area contributed by atoms with Crippen molar-refractivity contribution in [1.29, 1.82) is 0 Å². The van der Waals surface area contributed by atoms with Crippen molar-refractivity contribution in [2.24, 2.45) is 0 Å². The fourth-order valence-corrected chi connectivity index (χ4v) is 3.84. The van der Waals surface area contributed by atoms with Crippen LogP contribution in [0.15, 0.2) is 24.5 Å². The van der Waals surface area contributed by atoms with Crippen molar-refractivity contribution in [2.45, 2.75) is 26.2 Å². The second-order valence-corrected chi connectivity index (χ2v) is 9.14. The third-order valence-electron chi connectivity index (χ3n) is 2.96. The van der Waals surface area contributed by atoms with Crippen molar-refractivity contribution >= 4 is 23.5 Å². The molecule has 0 aliphatic carbocycles. The first-order valence-corrected chi connectivity index (χ1v) is 8.61. The molecule has 1 heterocycles. The molecule has 0 spiro atoms. The summed E-state index contributed by atoms with van der Waals surface area (Å²) in [6, 6.07) is 3.99. The smallest absolute Gasteiger partial charge is 0.112 e. The average molecular weight is 262 g/mol. The van der Waals surface area contributed by atoms with Crippen LogP contribution in [-0.4, -0.2) is 23.3 Å². The maximum absolute atomic E-state index is 12.6. The molecule has 0 aliphatic heterocycles. The lowest BCUT2D eigenvalue weighted by molar-refractivity contribution is 0.580. The highest BCUT2D eigenvalue weighted by molar-refractivity contribution is 7.70. The van der Waals surface area contributed by atoms with Gasteiger partial charge in [0.15, 0.2) is 0 Å². The number of hydrogen-bond donors (Lipinski definition) is 0. The fourth-order valence-electron chi connectivity index (χ4n) is 2.17. The van der Waals surface area contributed by atoms with E-state index in [2.05, 4.69) is 30.7 Å². The van der Waals surface area contributed by atoms with Gasteiger partial charge in [-0.15, -0.1) is 0 Å². The van der Waals surface area contributed by atoms with Crippen molar-refractivity contribution < 1.29 is 4.57 Å². The zero-order valence-electron chi connectivity index (χ0n) is 11.6. The molecule has 0 saturated carbocycles. The normalized spacial score (nSPS) is 12.9. The van der Waals surface area contributed by atoms with Gasteiger partial charge in [0.05, 0.1) is 11.0 Å². The summed E-state index contributed by atoms with van der Waals surface area (Å²) in [4.78, 5) is 8.68. The molecule has 2 aromatic rings. The predicted octanol–water partition coefficient (Wildman–Crippen LogP) is 3.18. The van der Waals surface area contributed by atoms with Crippen LogP contribution in [0, 0.1) is 0 Å². The van der Waals surface area contributed by atoms with Gasteiger partial charge in [-0.2, -0.15) is 0 Å². The summed E-state index contributed by atoms with van der Waals surface area (Å²) in [6.45, 7) is 9.98. The fraction of sp³-hybridized carbons (Fsp3) is 0.429. The molecule has 0 unspecified atom stereocenters. The minimum atomic E-state index is -2.40. The molecule has 0 saturated heterocycles. The molecule has 1 aromatic heterocycles. The van der Waals surface area contributed by atoms with Gasteiger partial charge >= 0.3 is 0 Å². The largest absolute Gasteiger partial charge is 0.319 e. The number of fused-ring (bicyclic) bond motifs is 1. The van der Waals surface area contributed by atoms with E-state index in [1.807, 2.05) is 12.1 Å². The van der Waals surface area contributed by atoms with Gasteiger partial charge < -0.3 is 4.57 Å². The Hall–Kier alpha value is -1.21. The first-order valence-electron chi connectivity index (χ1n) is 6.01. The van der Waals surface area contributed by atoms with Crippen molar-refractivity contribution in [1.82, 2.24) is 9.97 Å². The van der Waals surface area contributed by atoms with E-state index < -0.39 is 7.14 Å². The minimum absolute atomic E-state index is 0.0529. The van der Waals surface area contributed by atoms with E-state index in [1.54, 1.807) is 25.7 Å². The van der Waals surface area contributed by atoms with Crippen molar-refractivity contribution in [2.75, 3.05) is 13.3 Å². The summed E-state index contributed by atoms with van der Waals surface area (Å²) in [7, 11) is -2.40. The molecule has 0 radical (unpaired) electrons. The number of rotatable bonds is 1. The summed E-state index contributed by atoms with van der Waals surface area (Å²) in [6.07, 6.45) is 3.33. The summed E-state index contributed by atoms with van der Waals surface area (Å²) >= 11 is 0. The van der Waals surface area contributed by atoms with Crippen LogP contribution in [0.4, 0.5) is 0 Å². The van der Waals surface area contributed by atoms with E-state index in [0.29, 0.717) is 0 Å². The van der Waals surface area contributed by atoms with Crippen LogP contribution in [-0.2, 0) is 9.98 Å². The molecule has 0 fully saturated rings. The van der Waals surface area contributed by atoms with Crippen LogP contribution >= 0.6 is 7.14 Å². The second kappa shape index (κ2) is 4.17. The highest BCUT2D eigenvalue weighted by Crippen LogP contribution is 2.41. The Balaban J connectivity index is 2.94. The molecule has 0 atom stereocenters. The molecule has 0 N–H and O–H groups in total. The zero-order chi connectivity index (χ0) is 13.6. The Labute approximate surface area is 108 Å². The second-order valence-electron chi connectivity index (χ2n) is 5.99. The van der Waals surface area contributed by atoms with Crippen LogP contribution in [0.2, 0.25) is 0 Å². The molecule has 0 bridgehead atoms. The molecule has 0 aliphatic rings. The van der Waals surface area contributed by atoms with Gasteiger partial charge in [0, 0.05) is 17.7 Å². The monoisotopic (exact) mass is 262 g/mol. The maximum Gasteiger partial charge on any atom is 0.112 e. The van der Waals surface area contributed by atoms with E-state index in [1.165, 1.54) is 0 Å². The number of benzene rings is 1. The van der Waals surface area contributed by atoms with Crippen LogP contribution in [0.25, 0.3) is 11.0 Å². The van der Waals surface area contributed by atoms with Crippen LogP contribution in [0.1, 0.15) is 26.3 Å². The Morgan fingerprint density at radius 1 is 1.06 bits per heavy atom. The van der Waals surface area contributed by atoms with Gasteiger partial charge in [0.25, 0.3) is 0 Å². The van der Waals surface area contributed by atoms with Gasteiger partial charge in [-0.05, 0) is 30.4 Å². The first kappa shape index (κ1) is 13.2. The Kier molecular flexibility index (Phi) is 3.06. The number of aromatic nitrogens is 2. The van der Waals surface area contributed by atoms with E-state index in [0.717, 1.165) is 21.9 Å². The van der Waals surface area contributed by atoms with Crippen molar-refractivity contribution in [3.8, 4) is 0 Å². The molecule has 2 rings (SSSR count). The van der Waals surface area contributed by atoms with Gasteiger partial charge in [-0.25, -0.2) is 0 Å². The van der Waals surface area contributed by atoms with Gasteiger partial charge in [0.2, 0.25) is 0 Å². The number of nitrogens with zero attached hydrogens (tertiary/aromatic N) is 2.